The van der Waals surface area contributed by atoms with E-state index >= 15 is 0 Å². The smallest absolute Gasteiger partial charge is 0.243 e. The maximum absolute atomic E-state index is 12.8. The Bertz CT molecular complexity index is 712. The Morgan fingerprint density at radius 2 is 1.76 bits per heavy atom. The van der Waals surface area contributed by atoms with Crippen molar-refractivity contribution in [1.82, 2.24) is 9.29 Å². The van der Waals surface area contributed by atoms with Crippen LogP contribution in [0, 0.1) is 13.8 Å². The number of benzene rings is 1. The molecule has 0 radical (unpaired) electrons. The second kappa shape index (κ2) is 6.37. The van der Waals surface area contributed by atoms with Crippen molar-refractivity contribution in [2.45, 2.75) is 32.2 Å². The summed E-state index contributed by atoms with van der Waals surface area (Å²) in [5.74, 6) is 0. The van der Waals surface area contributed by atoms with E-state index in [1.165, 1.54) is 4.31 Å². The number of nitrogens with zero attached hydrogens (tertiary/aromatic N) is 2. The van der Waals surface area contributed by atoms with Gasteiger partial charge in [0.05, 0.1) is 4.90 Å². The molecule has 1 aromatic carbocycles. The van der Waals surface area contributed by atoms with E-state index in [0.29, 0.717) is 18.0 Å². The van der Waals surface area contributed by atoms with Crippen LogP contribution in [0.4, 0.5) is 0 Å². The van der Waals surface area contributed by atoms with Gasteiger partial charge in [0.15, 0.2) is 0 Å². The van der Waals surface area contributed by atoms with E-state index in [-0.39, 0.29) is 0 Å². The lowest BCUT2D eigenvalue weighted by molar-refractivity contribution is 0.423. The molecule has 0 N–H and O–H groups in total. The molecule has 4 nitrogen and oxygen atoms in total. The van der Waals surface area contributed by atoms with Crippen LogP contribution in [-0.2, 0) is 16.6 Å². The van der Waals surface area contributed by atoms with Crippen molar-refractivity contribution in [2.24, 2.45) is 0 Å². The van der Waals surface area contributed by atoms with Gasteiger partial charge in [0, 0.05) is 25.5 Å². The predicted molar refractivity (Wildman–Crippen MR) is 83.4 cm³/mol. The number of rotatable bonds is 5. The van der Waals surface area contributed by atoms with Crippen LogP contribution in [0.1, 0.15) is 23.6 Å². The van der Waals surface area contributed by atoms with Crippen LogP contribution in [0.2, 0.25) is 0 Å². The third kappa shape index (κ3) is 3.49. The van der Waals surface area contributed by atoms with Crippen LogP contribution in [-0.4, -0.2) is 24.3 Å². The van der Waals surface area contributed by atoms with E-state index in [0.717, 1.165) is 16.7 Å². The SMILES string of the molecule is CCN(Cc1ccncc1)S(=O)(=O)c1ccc(C)cc1C. The number of aromatic nitrogens is 1. The van der Waals surface area contributed by atoms with Crippen LogP contribution in [0.3, 0.4) is 0 Å². The molecule has 5 heteroatoms. The molecule has 0 saturated carbocycles. The van der Waals surface area contributed by atoms with Crippen LogP contribution in [0.15, 0.2) is 47.6 Å². The highest BCUT2D eigenvalue weighted by atomic mass is 32.2. The second-order valence-electron chi connectivity index (χ2n) is 5.06. The maximum Gasteiger partial charge on any atom is 0.243 e. The third-order valence-electron chi connectivity index (χ3n) is 3.41. The maximum atomic E-state index is 12.8. The van der Waals surface area contributed by atoms with Gasteiger partial charge in [-0.1, -0.05) is 24.6 Å². The molecule has 1 heterocycles. The van der Waals surface area contributed by atoms with Gasteiger partial charge < -0.3 is 0 Å². The topological polar surface area (TPSA) is 50.3 Å². The molecule has 1 aromatic heterocycles. The Hall–Kier alpha value is -1.72. The molecular weight excluding hydrogens is 284 g/mol. The Balaban J connectivity index is 2.36. The highest BCUT2D eigenvalue weighted by Crippen LogP contribution is 2.22. The quantitative estimate of drug-likeness (QED) is 0.853. The molecular formula is C16H20N2O2S. The van der Waals surface area contributed by atoms with Crippen molar-refractivity contribution in [3.05, 3.63) is 59.4 Å². The van der Waals surface area contributed by atoms with E-state index in [9.17, 15) is 8.42 Å². The first-order chi connectivity index (χ1) is 9.95. The zero-order chi connectivity index (χ0) is 15.5. The molecule has 0 fully saturated rings. The molecule has 0 spiro atoms. The number of hydrogen-bond donors (Lipinski definition) is 0. The van der Waals surface area contributed by atoms with Crippen molar-refractivity contribution in [2.75, 3.05) is 6.54 Å². The summed E-state index contributed by atoms with van der Waals surface area (Å²) in [6.45, 7) is 6.42. The minimum Gasteiger partial charge on any atom is -0.265 e. The largest absolute Gasteiger partial charge is 0.265 e. The monoisotopic (exact) mass is 304 g/mol. The van der Waals surface area contributed by atoms with Crippen LogP contribution < -0.4 is 0 Å². The third-order valence-corrected chi connectivity index (χ3v) is 5.49. The lowest BCUT2D eigenvalue weighted by Gasteiger charge is -2.21. The van der Waals surface area contributed by atoms with Crippen molar-refractivity contribution >= 4 is 10.0 Å². The van der Waals surface area contributed by atoms with E-state index in [1.54, 1.807) is 18.5 Å². The Labute approximate surface area is 126 Å². The molecule has 0 unspecified atom stereocenters. The van der Waals surface area contributed by atoms with Crippen molar-refractivity contribution < 1.29 is 8.42 Å². The molecule has 0 amide bonds. The Morgan fingerprint density at radius 1 is 1.10 bits per heavy atom. The van der Waals surface area contributed by atoms with Gasteiger partial charge in [-0.25, -0.2) is 8.42 Å². The van der Waals surface area contributed by atoms with Crippen LogP contribution in [0.25, 0.3) is 0 Å². The van der Waals surface area contributed by atoms with E-state index in [4.69, 9.17) is 0 Å². The van der Waals surface area contributed by atoms with Gasteiger partial charge in [-0.05, 0) is 43.2 Å². The fourth-order valence-electron chi connectivity index (χ4n) is 2.29. The van der Waals surface area contributed by atoms with Gasteiger partial charge in [-0.15, -0.1) is 0 Å². The molecule has 112 valence electrons. The summed E-state index contributed by atoms with van der Waals surface area (Å²) >= 11 is 0. The standard InChI is InChI=1S/C16H20N2O2S/c1-4-18(12-15-7-9-17-10-8-15)21(19,20)16-6-5-13(2)11-14(16)3/h5-11H,4,12H2,1-3H3. The second-order valence-corrected chi connectivity index (χ2v) is 6.96. The van der Waals surface area contributed by atoms with Gasteiger partial charge in [-0.3, -0.25) is 4.98 Å². The Morgan fingerprint density at radius 3 is 2.33 bits per heavy atom. The normalized spacial score (nSPS) is 11.8. The van der Waals surface area contributed by atoms with Crippen molar-refractivity contribution in [1.29, 1.82) is 0 Å². The van der Waals surface area contributed by atoms with Gasteiger partial charge in [-0.2, -0.15) is 4.31 Å². The predicted octanol–water partition coefficient (Wildman–Crippen LogP) is 2.91. The van der Waals surface area contributed by atoms with Crippen LogP contribution in [0.5, 0.6) is 0 Å². The number of sulfonamides is 1. The Kier molecular flexibility index (Phi) is 4.75. The minimum atomic E-state index is -3.48. The highest BCUT2D eigenvalue weighted by Gasteiger charge is 2.24. The lowest BCUT2D eigenvalue weighted by atomic mass is 10.2. The summed E-state index contributed by atoms with van der Waals surface area (Å²) in [5.41, 5.74) is 2.77. The minimum absolute atomic E-state index is 0.356. The molecule has 0 bridgehead atoms. The van der Waals surface area contributed by atoms with E-state index in [1.807, 2.05) is 45.0 Å². The zero-order valence-electron chi connectivity index (χ0n) is 12.6. The molecule has 2 aromatic rings. The van der Waals surface area contributed by atoms with E-state index < -0.39 is 10.0 Å². The van der Waals surface area contributed by atoms with Crippen LogP contribution >= 0.6 is 0 Å². The summed E-state index contributed by atoms with van der Waals surface area (Å²) in [6.07, 6.45) is 3.35. The molecule has 0 atom stereocenters. The van der Waals surface area contributed by atoms with Crippen molar-refractivity contribution in [3.63, 3.8) is 0 Å². The molecule has 2 rings (SSSR count). The molecule has 0 aliphatic carbocycles. The molecule has 0 aliphatic heterocycles. The summed E-state index contributed by atoms with van der Waals surface area (Å²) in [5, 5.41) is 0. The number of aryl methyl sites for hydroxylation is 2. The van der Waals surface area contributed by atoms with Gasteiger partial charge >= 0.3 is 0 Å². The average Bonchev–Trinajstić information content (AvgIpc) is 2.45. The highest BCUT2D eigenvalue weighted by molar-refractivity contribution is 7.89. The molecule has 0 saturated heterocycles. The van der Waals surface area contributed by atoms with Gasteiger partial charge in [0.1, 0.15) is 0 Å². The lowest BCUT2D eigenvalue weighted by Crippen LogP contribution is -2.31. The summed E-state index contributed by atoms with van der Waals surface area (Å²) in [6, 6.07) is 9.09. The van der Waals surface area contributed by atoms with Gasteiger partial charge in [0.25, 0.3) is 0 Å². The van der Waals surface area contributed by atoms with E-state index in [2.05, 4.69) is 4.98 Å². The average molecular weight is 304 g/mol. The zero-order valence-corrected chi connectivity index (χ0v) is 13.4. The number of hydrogen-bond acceptors (Lipinski definition) is 3. The molecule has 21 heavy (non-hydrogen) atoms. The first kappa shape index (κ1) is 15.7. The summed E-state index contributed by atoms with van der Waals surface area (Å²) in [4.78, 5) is 4.33. The van der Waals surface area contributed by atoms with Crippen molar-refractivity contribution in [3.8, 4) is 0 Å². The fourth-order valence-corrected chi connectivity index (χ4v) is 3.93. The van der Waals surface area contributed by atoms with Gasteiger partial charge in [0.2, 0.25) is 10.0 Å². The first-order valence-corrected chi connectivity index (χ1v) is 8.35. The molecule has 0 aliphatic rings. The first-order valence-electron chi connectivity index (χ1n) is 6.91. The number of pyridine rings is 1. The summed E-state index contributed by atoms with van der Waals surface area (Å²) < 4.78 is 27.1. The fraction of sp³-hybridized carbons (Fsp3) is 0.312. The summed E-state index contributed by atoms with van der Waals surface area (Å²) in [7, 11) is -3.48.